The summed E-state index contributed by atoms with van der Waals surface area (Å²) < 4.78 is 47.6. The first-order valence-corrected chi connectivity index (χ1v) is 12.4. The second-order valence-corrected chi connectivity index (χ2v) is 10.1. The topological polar surface area (TPSA) is 111 Å². The van der Waals surface area contributed by atoms with E-state index in [4.69, 9.17) is 9.47 Å². The van der Waals surface area contributed by atoms with Crippen molar-refractivity contribution in [2.75, 3.05) is 13.7 Å². The summed E-state index contributed by atoms with van der Waals surface area (Å²) >= 11 is 6.75. The van der Waals surface area contributed by atoms with Gasteiger partial charge in [0.05, 0.1) is 12.6 Å². The standard InChI is InChI=1S/C21H18Br2N2O6S/c1-3-31-21(20(26)30-2,16-10-24-18-8-12(22)4-6-14(16)18)17-11-25(32(27,28)29)19-9-13(23)5-7-15(17)19/h4-11,24H,3H2,1-2H3,(H,27,28,29). The number of hydrogen-bond donors (Lipinski definition) is 2. The molecule has 32 heavy (non-hydrogen) atoms. The molecule has 0 spiro atoms. The van der Waals surface area contributed by atoms with E-state index in [2.05, 4.69) is 36.8 Å². The van der Waals surface area contributed by atoms with Gasteiger partial charge in [-0.15, -0.1) is 0 Å². The maximum absolute atomic E-state index is 13.4. The highest BCUT2D eigenvalue weighted by Gasteiger charge is 2.48. The maximum atomic E-state index is 13.4. The second kappa shape index (κ2) is 8.31. The number of carbonyl (C=O) groups is 1. The summed E-state index contributed by atoms with van der Waals surface area (Å²) in [7, 11) is -3.44. The first kappa shape index (κ1) is 23.0. The number of ether oxygens (including phenoxy) is 2. The van der Waals surface area contributed by atoms with Crippen LogP contribution in [-0.4, -0.2) is 41.6 Å². The Labute approximate surface area is 200 Å². The van der Waals surface area contributed by atoms with Gasteiger partial charge in [0.15, 0.2) is 0 Å². The van der Waals surface area contributed by atoms with Gasteiger partial charge in [0.1, 0.15) is 0 Å². The molecular weight excluding hydrogens is 568 g/mol. The van der Waals surface area contributed by atoms with Crippen molar-refractivity contribution in [3.63, 3.8) is 0 Å². The molecule has 0 aliphatic rings. The molecular formula is C21H18Br2N2O6S. The summed E-state index contributed by atoms with van der Waals surface area (Å²) in [5, 5.41) is 1.09. The SMILES string of the molecule is CCOC(C(=O)OC)(c1c[nH]c2cc(Br)ccc12)c1cn(S(=O)(=O)O)c2cc(Br)ccc12. The molecule has 0 fully saturated rings. The Morgan fingerprint density at radius 2 is 1.78 bits per heavy atom. The lowest BCUT2D eigenvalue weighted by Gasteiger charge is -2.30. The molecule has 2 heterocycles. The monoisotopic (exact) mass is 584 g/mol. The predicted molar refractivity (Wildman–Crippen MR) is 127 cm³/mol. The highest BCUT2D eigenvalue weighted by Crippen LogP contribution is 2.44. The number of benzene rings is 2. The van der Waals surface area contributed by atoms with Crippen LogP contribution in [0.1, 0.15) is 18.1 Å². The smallest absolute Gasteiger partial charge is 0.363 e. The molecule has 0 aliphatic carbocycles. The normalized spacial score (nSPS) is 14.0. The van der Waals surface area contributed by atoms with E-state index >= 15 is 0 Å². The maximum Gasteiger partial charge on any atom is 0.363 e. The molecule has 8 nitrogen and oxygen atoms in total. The number of fused-ring (bicyclic) bond motifs is 2. The second-order valence-electron chi connectivity index (χ2n) is 6.98. The minimum atomic E-state index is -4.68. The third-order valence-electron chi connectivity index (χ3n) is 5.22. The summed E-state index contributed by atoms with van der Waals surface area (Å²) in [4.78, 5) is 16.5. The number of esters is 1. The summed E-state index contributed by atoms with van der Waals surface area (Å²) in [5.41, 5.74) is -0.227. The fraction of sp³-hybridized carbons (Fsp3) is 0.190. The van der Waals surface area contributed by atoms with Crippen LogP contribution in [0.25, 0.3) is 21.8 Å². The van der Waals surface area contributed by atoms with Gasteiger partial charge in [0, 0.05) is 55.4 Å². The van der Waals surface area contributed by atoms with E-state index in [1.54, 1.807) is 25.3 Å². The van der Waals surface area contributed by atoms with Crippen LogP contribution in [0.4, 0.5) is 0 Å². The highest BCUT2D eigenvalue weighted by atomic mass is 79.9. The average molecular weight is 586 g/mol. The number of carbonyl (C=O) groups excluding carboxylic acids is 1. The van der Waals surface area contributed by atoms with Crippen LogP contribution in [-0.2, 0) is 30.2 Å². The van der Waals surface area contributed by atoms with Gasteiger partial charge < -0.3 is 14.5 Å². The van der Waals surface area contributed by atoms with E-state index in [-0.39, 0.29) is 17.7 Å². The molecule has 2 aromatic carbocycles. The summed E-state index contributed by atoms with van der Waals surface area (Å²) in [6, 6.07) is 10.4. The Kier molecular flexibility index (Phi) is 5.97. The number of H-pyrrole nitrogens is 1. The van der Waals surface area contributed by atoms with Gasteiger partial charge in [-0.25, -0.2) is 8.77 Å². The summed E-state index contributed by atoms with van der Waals surface area (Å²) in [5.74, 6) is -0.736. The molecule has 4 rings (SSSR count). The van der Waals surface area contributed by atoms with Crippen molar-refractivity contribution < 1.29 is 27.2 Å². The molecule has 2 aromatic heterocycles. The zero-order valence-electron chi connectivity index (χ0n) is 16.9. The fourth-order valence-electron chi connectivity index (χ4n) is 3.97. The molecule has 0 aliphatic heterocycles. The van der Waals surface area contributed by atoms with Crippen LogP contribution >= 0.6 is 31.9 Å². The molecule has 168 valence electrons. The fourth-order valence-corrected chi connectivity index (χ4v) is 5.32. The Hall–Kier alpha value is -2.18. The largest absolute Gasteiger partial charge is 0.466 e. The van der Waals surface area contributed by atoms with Crippen molar-refractivity contribution in [1.29, 1.82) is 0 Å². The van der Waals surface area contributed by atoms with Crippen molar-refractivity contribution in [3.8, 4) is 0 Å². The van der Waals surface area contributed by atoms with E-state index in [0.29, 0.717) is 24.8 Å². The third-order valence-corrected chi connectivity index (χ3v) is 7.00. The Bertz CT molecular complexity index is 1460. The van der Waals surface area contributed by atoms with Gasteiger partial charge in [0.2, 0.25) is 5.60 Å². The number of nitrogens with one attached hydrogen (secondary N) is 1. The van der Waals surface area contributed by atoms with Crippen molar-refractivity contribution in [2.24, 2.45) is 0 Å². The van der Waals surface area contributed by atoms with Crippen molar-refractivity contribution >= 4 is 69.9 Å². The van der Waals surface area contributed by atoms with Crippen LogP contribution in [0.3, 0.4) is 0 Å². The van der Waals surface area contributed by atoms with Crippen LogP contribution < -0.4 is 0 Å². The molecule has 0 saturated carbocycles. The number of aromatic amines is 1. The van der Waals surface area contributed by atoms with Gasteiger partial charge in [-0.3, -0.25) is 4.55 Å². The van der Waals surface area contributed by atoms with E-state index in [1.165, 1.54) is 19.4 Å². The number of hydrogen-bond acceptors (Lipinski definition) is 5. The third kappa shape index (κ3) is 3.57. The first-order valence-electron chi connectivity index (χ1n) is 9.42. The Morgan fingerprint density at radius 3 is 2.41 bits per heavy atom. The highest BCUT2D eigenvalue weighted by molar-refractivity contribution is 9.10. The lowest BCUT2D eigenvalue weighted by Crippen LogP contribution is -2.41. The number of halogens is 2. The van der Waals surface area contributed by atoms with Gasteiger partial charge in [-0.1, -0.05) is 44.0 Å². The molecule has 0 amide bonds. The van der Waals surface area contributed by atoms with Gasteiger partial charge in [-0.2, -0.15) is 8.42 Å². The first-order chi connectivity index (χ1) is 15.1. The van der Waals surface area contributed by atoms with E-state index < -0.39 is 21.9 Å². The van der Waals surface area contributed by atoms with Crippen molar-refractivity contribution in [3.05, 3.63) is 68.9 Å². The van der Waals surface area contributed by atoms with Crippen LogP contribution in [0, 0.1) is 0 Å². The van der Waals surface area contributed by atoms with Gasteiger partial charge in [0.25, 0.3) is 0 Å². The summed E-state index contributed by atoms with van der Waals surface area (Å²) in [6.45, 7) is 1.84. The van der Waals surface area contributed by atoms with Gasteiger partial charge in [-0.05, 0) is 31.2 Å². The molecule has 0 bridgehead atoms. The molecule has 0 saturated heterocycles. The minimum Gasteiger partial charge on any atom is -0.466 e. The number of nitrogens with zero attached hydrogens (tertiary/aromatic N) is 1. The predicted octanol–water partition coefficient (Wildman–Crippen LogP) is 4.75. The van der Waals surface area contributed by atoms with Crippen molar-refractivity contribution in [2.45, 2.75) is 12.5 Å². The van der Waals surface area contributed by atoms with Crippen molar-refractivity contribution in [1.82, 2.24) is 8.96 Å². The van der Waals surface area contributed by atoms with Crippen LogP contribution in [0.15, 0.2) is 57.7 Å². The number of rotatable bonds is 6. The Balaban J connectivity index is 2.17. The number of methoxy groups -OCH3 is 1. The van der Waals surface area contributed by atoms with E-state index in [1.807, 2.05) is 18.2 Å². The zero-order chi connectivity index (χ0) is 23.3. The number of aromatic nitrogens is 2. The molecule has 2 N–H and O–H groups in total. The van der Waals surface area contributed by atoms with Gasteiger partial charge >= 0.3 is 16.3 Å². The zero-order valence-corrected chi connectivity index (χ0v) is 20.9. The average Bonchev–Trinajstić information content (AvgIpc) is 3.32. The Morgan fingerprint density at radius 1 is 1.12 bits per heavy atom. The molecule has 1 unspecified atom stereocenters. The molecule has 4 aromatic rings. The lowest BCUT2D eigenvalue weighted by atomic mass is 9.85. The van der Waals surface area contributed by atoms with Crippen LogP contribution in [0.5, 0.6) is 0 Å². The quantitative estimate of drug-likeness (QED) is 0.249. The molecule has 1 atom stereocenters. The lowest BCUT2D eigenvalue weighted by molar-refractivity contribution is -0.164. The summed E-state index contributed by atoms with van der Waals surface area (Å²) in [6.07, 6.45) is 2.83. The molecule has 0 radical (unpaired) electrons. The van der Waals surface area contributed by atoms with E-state index in [9.17, 15) is 17.8 Å². The molecule has 11 heteroatoms. The van der Waals surface area contributed by atoms with E-state index in [0.717, 1.165) is 9.99 Å². The van der Waals surface area contributed by atoms with Crippen LogP contribution in [0.2, 0.25) is 0 Å². The minimum absolute atomic E-state index is 0.118.